The van der Waals surface area contributed by atoms with Crippen molar-refractivity contribution in [2.24, 2.45) is 5.92 Å². The van der Waals surface area contributed by atoms with Crippen LogP contribution in [-0.2, 0) is 18.3 Å². The molecule has 0 saturated carbocycles. The van der Waals surface area contributed by atoms with Crippen LogP contribution in [0.3, 0.4) is 0 Å². The average molecular weight is 300 g/mol. The number of benzene rings is 1. The SMILES string of the molecule is COP(=O)(OC)[C@H](CC(C)C)OC(=O)c1ccccc1. The van der Waals surface area contributed by atoms with Crippen LogP contribution in [0.2, 0.25) is 0 Å². The first-order chi connectivity index (χ1) is 9.42. The molecular weight excluding hydrogens is 279 g/mol. The lowest BCUT2D eigenvalue weighted by molar-refractivity contribution is 0.0349. The zero-order chi connectivity index (χ0) is 15.2. The standard InChI is InChI=1S/C14H21O5P/c1-11(2)10-13(20(16,17-3)18-4)19-14(15)12-8-6-5-7-9-12/h5-9,11,13H,10H2,1-4H3/t13-/m1/s1. The summed E-state index contributed by atoms with van der Waals surface area (Å²) in [7, 11) is -0.891. The van der Waals surface area contributed by atoms with E-state index in [1.54, 1.807) is 30.3 Å². The molecule has 1 atom stereocenters. The van der Waals surface area contributed by atoms with Crippen LogP contribution >= 0.6 is 7.60 Å². The number of hydrogen-bond donors (Lipinski definition) is 0. The average Bonchev–Trinajstić information content (AvgIpc) is 2.46. The molecule has 20 heavy (non-hydrogen) atoms. The molecule has 6 heteroatoms. The second-order valence-electron chi connectivity index (χ2n) is 4.76. The van der Waals surface area contributed by atoms with E-state index in [0.29, 0.717) is 12.0 Å². The Bertz CT molecular complexity index is 464. The maximum atomic E-state index is 12.4. The Labute approximate surface area is 119 Å². The van der Waals surface area contributed by atoms with Gasteiger partial charge in [-0.1, -0.05) is 32.0 Å². The van der Waals surface area contributed by atoms with Gasteiger partial charge in [0.05, 0.1) is 5.56 Å². The summed E-state index contributed by atoms with van der Waals surface area (Å²) in [5.41, 5.74) is 0.403. The number of hydrogen-bond acceptors (Lipinski definition) is 5. The van der Waals surface area contributed by atoms with Gasteiger partial charge in [0, 0.05) is 14.2 Å². The van der Waals surface area contributed by atoms with Gasteiger partial charge in [0.15, 0.2) is 0 Å². The molecule has 112 valence electrons. The van der Waals surface area contributed by atoms with Gasteiger partial charge < -0.3 is 13.8 Å². The minimum absolute atomic E-state index is 0.183. The summed E-state index contributed by atoms with van der Waals surface area (Å²) in [4.78, 5) is 12.1. The van der Waals surface area contributed by atoms with Crippen LogP contribution in [0.15, 0.2) is 30.3 Å². The largest absolute Gasteiger partial charge is 0.446 e. The molecule has 0 aliphatic heterocycles. The Balaban J connectivity index is 2.90. The molecular formula is C14H21O5P. The van der Waals surface area contributed by atoms with Gasteiger partial charge in [-0.05, 0) is 24.5 Å². The molecule has 0 unspecified atom stereocenters. The number of carbonyl (C=O) groups is 1. The highest BCUT2D eigenvalue weighted by molar-refractivity contribution is 7.54. The lowest BCUT2D eigenvalue weighted by atomic mass is 10.1. The summed E-state index contributed by atoms with van der Waals surface area (Å²) < 4.78 is 27.7. The minimum Gasteiger partial charge on any atom is -0.446 e. The van der Waals surface area contributed by atoms with Gasteiger partial charge in [-0.3, -0.25) is 4.57 Å². The Morgan fingerprint density at radius 1 is 1.15 bits per heavy atom. The first-order valence-corrected chi connectivity index (χ1v) is 8.01. The van der Waals surface area contributed by atoms with E-state index < -0.39 is 19.4 Å². The van der Waals surface area contributed by atoms with E-state index in [1.165, 1.54) is 14.2 Å². The molecule has 1 aromatic carbocycles. The topological polar surface area (TPSA) is 61.8 Å². The summed E-state index contributed by atoms with van der Waals surface area (Å²) >= 11 is 0. The van der Waals surface area contributed by atoms with Gasteiger partial charge in [0.1, 0.15) is 0 Å². The highest BCUT2D eigenvalue weighted by Gasteiger charge is 2.38. The van der Waals surface area contributed by atoms with Crippen molar-refractivity contribution in [1.29, 1.82) is 0 Å². The Morgan fingerprint density at radius 2 is 1.70 bits per heavy atom. The van der Waals surface area contributed by atoms with E-state index in [-0.39, 0.29) is 5.92 Å². The van der Waals surface area contributed by atoms with Crippen LogP contribution in [0, 0.1) is 5.92 Å². The van der Waals surface area contributed by atoms with E-state index in [0.717, 1.165) is 0 Å². The summed E-state index contributed by atoms with van der Waals surface area (Å²) in [6.07, 6.45) is 0.400. The van der Waals surface area contributed by atoms with Crippen molar-refractivity contribution in [1.82, 2.24) is 0 Å². The zero-order valence-electron chi connectivity index (χ0n) is 12.2. The zero-order valence-corrected chi connectivity index (χ0v) is 13.1. The van der Waals surface area contributed by atoms with Crippen LogP contribution in [0.1, 0.15) is 30.6 Å². The number of rotatable bonds is 7. The van der Waals surface area contributed by atoms with Gasteiger partial charge in [0.25, 0.3) is 0 Å². The fraction of sp³-hybridized carbons (Fsp3) is 0.500. The van der Waals surface area contributed by atoms with Gasteiger partial charge in [0.2, 0.25) is 5.85 Å². The molecule has 0 aliphatic carbocycles. The monoisotopic (exact) mass is 300 g/mol. The summed E-state index contributed by atoms with van der Waals surface area (Å²) in [5.74, 6) is -1.27. The maximum Gasteiger partial charge on any atom is 0.370 e. The molecule has 0 saturated heterocycles. The fourth-order valence-electron chi connectivity index (χ4n) is 1.72. The molecule has 0 spiro atoms. The van der Waals surface area contributed by atoms with Gasteiger partial charge in [-0.15, -0.1) is 0 Å². The second-order valence-corrected chi connectivity index (χ2v) is 7.15. The molecule has 0 heterocycles. The molecule has 5 nitrogen and oxygen atoms in total. The normalized spacial score (nSPS) is 13.2. The maximum absolute atomic E-state index is 12.4. The molecule has 1 aromatic rings. The molecule has 0 fully saturated rings. The third-order valence-corrected chi connectivity index (χ3v) is 4.83. The smallest absolute Gasteiger partial charge is 0.370 e. The first-order valence-electron chi connectivity index (χ1n) is 6.40. The predicted molar refractivity (Wildman–Crippen MR) is 76.7 cm³/mol. The Kier molecular flexibility index (Phi) is 6.40. The number of carbonyl (C=O) groups excluding carboxylic acids is 1. The number of ether oxygens (including phenoxy) is 1. The van der Waals surface area contributed by atoms with Crippen LogP contribution in [0.5, 0.6) is 0 Å². The summed E-state index contributed by atoms with van der Waals surface area (Å²) in [5, 5.41) is 0. The van der Waals surface area contributed by atoms with Crippen molar-refractivity contribution >= 4 is 13.6 Å². The third kappa shape index (κ3) is 4.44. The lowest BCUT2D eigenvalue weighted by Gasteiger charge is -2.25. The van der Waals surface area contributed by atoms with Gasteiger partial charge >= 0.3 is 13.6 Å². The quantitative estimate of drug-likeness (QED) is 0.567. The van der Waals surface area contributed by atoms with Crippen molar-refractivity contribution in [2.45, 2.75) is 26.1 Å². The Hall–Kier alpha value is -1.16. The molecule has 0 aliphatic rings. The van der Waals surface area contributed by atoms with Gasteiger partial charge in [-0.2, -0.15) is 0 Å². The highest BCUT2D eigenvalue weighted by Crippen LogP contribution is 2.54. The van der Waals surface area contributed by atoms with Crippen LogP contribution in [-0.4, -0.2) is 26.0 Å². The first kappa shape index (κ1) is 16.9. The van der Waals surface area contributed by atoms with Crippen molar-refractivity contribution in [2.75, 3.05) is 14.2 Å². The van der Waals surface area contributed by atoms with E-state index in [1.807, 2.05) is 13.8 Å². The van der Waals surface area contributed by atoms with Gasteiger partial charge in [-0.25, -0.2) is 4.79 Å². The molecule has 0 bridgehead atoms. The van der Waals surface area contributed by atoms with E-state index in [9.17, 15) is 9.36 Å². The van der Waals surface area contributed by atoms with Crippen molar-refractivity contribution in [3.05, 3.63) is 35.9 Å². The third-order valence-electron chi connectivity index (χ3n) is 2.79. The van der Waals surface area contributed by atoms with Crippen LogP contribution in [0.4, 0.5) is 0 Å². The van der Waals surface area contributed by atoms with Crippen molar-refractivity contribution < 1.29 is 23.1 Å². The molecule has 1 rings (SSSR count). The predicted octanol–water partition coefficient (Wildman–Crippen LogP) is 3.70. The Morgan fingerprint density at radius 3 is 2.15 bits per heavy atom. The van der Waals surface area contributed by atoms with E-state index in [2.05, 4.69) is 0 Å². The highest BCUT2D eigenvalue weighted by atomic mass is 31.2. The van der Waals surface area contributed by atoms with Crippen LogP contribution < -0.4 is 0 Å². The van der Waals surface area contributed by atoms with E-state index >= 15 is 0 Å². The van der Waals surface area contributed by atoms with Crippen molar-refractivity contribution in [3.63, 3.8) is 0 Å². The molecule has 0 N–H and O–H groups in total. The lowest BCUT2D eigenvalue weighted by Crippen LogP contribution is -2.22. The summed E-state index contributed by atoms with van der Waals surface area (Å²) in [6.45, 7) is 3.89. The minimum atomic E-state index is -3.46. The second kappa shape index (κ2) is 7.58. The summed E-state index contributed by atoms with van der Waals surface area (Å²) in [6, 6.07) is 8.55. The van der Waals surface area contributed by atoms with Crippen LogP contribution in [0.25, 0.3) is 0 Å². The molecule has 0 radical (unpaired) electrons. The number of esters is 1. The van der Waals surface area contributed by atoms with Crippen molar-refractivity contribution in [3.8, 4) is 0 Å². The molecule has 0 aromatic heterocycles. The molecule has 0 amide bonds. The van der Waals surface area contributed by atoms with E-state index in [4.69, 9.17) is 13.8 Å². The fourth-order valence-corrected chi connectivity index (χ4v) is 3.24.